The van der Waals surface area contributed by atoms with Gasteiger partial charge in [0.05, 0.1) is 6.61 Å². The van der Waals surface area contributed by atoms with E-state index in [4.69, 9.17) is 10.5 Å². The molecule has 0 spiro atoms. The molecule has 0 radical (unpaired) electrons. The first-order chi connectivity index (χ1) is 10.7. The number of fused-ring (bicyclic) bond motifs is 1. The van der Waals surface area contributed by atoms with Crippen LogP contribution in [0.1, 0.15) is 25.8 Å². The minimum atomic E-state index is 0.553. The highest BCUT2D eigenvalue weighted by atomic mass is 32.1. The molecule has 2 N–H and O–H groups in total. The van der Waals surface area contributed by atoms with Crippen molar-refractivity contribution in [2.45, 2.75) is 26.7 Å². The van der Waals surface area contributed by atoms with Crippen LogP contribution in [0.3, 0.4) is 0 Å². The second-order valence-corrected chi connectivity index (χ2v) is 6.13. The lowest BCUT2D eigenvalue weighted by Gasteiger charge is -2.11. The summed E-state index contributed by atoms with van der Waals surface area (Å²) in [4.78, 5) is 9.63. The number of ether oxygens (including phenoxy) is 1. The topological polar surface area (TPSA) is 61.0 Å². The summed E-state index contributed by atoms with van der Waals surface area (Å²) in [7, 11) is 0. The molecule has 2 heterocycles. The van der Waals surface area contributed by atoms with E-state index in [1.165, 1.54) is 16.9 Å². The molecule has 0 bridgehead atoms. The van der Waals surface area contributed by atoms with Gasteiger partial charge in [0.15, 0.2) is 5.13 Å². The van der Waals surface area contributed by atoms with Crippen molar-refractivity contribution in [2.24, 2.45) is 0 Å². The Morgan fingerprint density at radius 3 is 2.82 bits per heavy atom. The molecule has 0 aliphatic carbocycles. The fourth-order valence-electron chi connectivity index (χ4n) is 2.39. The van der Waals surface area contributed by atoms with Gasteiger partial charge in [0.1, 0.15) is 16.1 Å². The van der Waals surface area contributed by atoms with Gasteiger partial charge in [-0.3, -0.25) is 0 Å². The van der Waals surface area contributed by atoms with Crippen molar-refractivity contribution in [2.75, 3.05) is 12.3 Å². The number of benzene rings is 1. The number of thiazole rings is 1. The molecular weight excluding hydrogens is 294 g/mol. The maximum absolute atomic E-state index is 5.80. The number of nitrogens with two attached hydrogens (primary N) is 1. The van der Waals surface area contributed by atoms with Gasteiger partial charge in [0.2, 0.25) is 0 Å². The first kappa shape index (κ1) is 14.8. The molecule has 5 heteroatoms. The van der Waals surface area contributed by atoms with E-state index < -0.39 is 0 Å². The number of nitrogens with zero attached hydrogens (tertiary/aromatic N) is 2. The van der Waals surface area contributed by atoms with Gasteiger partial charge in [0, 0.05) is 11.8 Å². The molecule has 2 aromatic heterocycles. The van der Waals surface area contributed by atoms with Crippen molar-refractivity contribution in [3.63, 3.8) is 0 Å². The summed E-state index contributed by atoms with van der Waals surface area (Å²) >= 11 is 1.41. The standard InChI is InChI=1S/C17H19N3OS/c1-3-7-21-15-6-5-12(8-11(15)4-2)13-9-14-16(19-10-13)22-17(18)20-14/h5-6,8-10H,3-4,7H2,1-2H3,(H2,18,20). The fraction of sp³-hybridized carbons (Fsp3) is 0.294. The predicted octanol–water partition coefficient (Wildman–Crippen LogP) is 4.29. The van der Waals surface area contributed by atoms with E-state index >= 15 is 0 Å². The third-order valence-corrected chi connectivity index (χ3v) is 4.31. The van der Waals surface area contributed by atoms with Crippen LogP contribution in [0.15, 0.2) is 30.5 Å². The van der Waals surface area contributed by atoms with E-state index in [0.29, 0.717) is 5.13 Å². The van der Waals surface area contributed by atoms with Gasteiger partial charge in [-0.15, -0.1) is 0 Å². The molecule has 4 nitrogen and oxygen atoms in total. The number of hydrogen-bond donors (Lipinski definition) is 1. The summed E-state index contributed by atoms with van der Waals surface area (Å²) in [6.45, 7) is 5.00. The van der Waals surface area contributed by atoms with Crippen LogP contribution in [0.5, 0.6) is 5.75 Å². The zero-order chi connectivity index (χ0) is 15.5. The molecule has 0 atom stereocenters. The number of hydrogen-bond acceptors (Lipinski definition) is 5. The zero-order valence-corrected chi connectivity index (χ0v) is 13.6. The van der Waals surface area contributed by atoms with E-state index in [1.54, 1.807) is 0 Å². The lowest BCUT2D eigenvalue weighted by Crippen LogP contribution is -1.98. The normalized spacial score (nSPS) is 11.0. The summed E-state index contributed by atoms with van der Waals surface area (Å²) in [5.74, 6) is 0.972. The van der Waals surface area contributed by atoms with Crippen molar-refractivity contribution in [3.8, 4) is 16.9 Å². The Hall–Kier alpha value is -2.14. The van der Waals surface area contributed by atoms with Crippen LogP contribution < -0.4 is 10.5 Å². The first-order valence-electron chi connectivity index (χ1n) is 7.49. The molecule has 0 saturated heterocycles. The Bertz CT molecular complexity index is 798. The van der Waals surface area contributed by atoms with E-state index in [1.807, 2.05) is 18.3 Å². The molecule has 0 unspecified atom stereocenters. The van der Waals surface area contributed by atoms with Crippen molar-refractivity contribution in [1.82, 2.24) is 9.97 Å². The summed E-state index contributed by atoms with van der Waals surface area (Å²) in [5, 5.41) is 0.553. The van der Waals surface area contributed by atoms with Crippen molar-refractivity contribution < 1.29 is 4.74 Å². The second kappa shape index (κ2) is 6.32. The molecule has 22 heavy (non-hydrogen) atoms. The Morgan fingerprint density at radius 1 is 1.18 bits per heavy atom. The molecule has 3 aromatic rings. The van der Waals surface area contributed by atoms with Gasteiger partial charge in [-0.05, 0) is 42.2 Å². The second-order valence-electron chi connectivity index (χ2n) is 5.12. The average Bonchev–Trinajstić information content (AvgIpc) is 2.91. The fourth-order valence-corrected chi connectivity index (χ4v) is 3.04. The number of rotatable bonds is 5. The van der Waals surface area contributed by atoms with Crippen LogP contribution in [0.25, 0.3) is 21.5 Å². The van der Waals surface area contributed by atoms with Crippen molar-refractivity contribution in [1.29, 1.82) is 0 Å². The van der Waals surface area contributed by atoms with E-state index in [9.17, 15) is 0 Å². The van der Waals surface area contributed by atoms with Crippen molar-refractivity contribution >= 4 is 26.8 Å². The summed E-state index contributed by atoms with van der Waals surface area (Å²) in [6, 6.07) is 8.33. The number of anilines is 1. The predicted molar refractivity (Wildman–Crippen MR) is 92.4 cm³/mol. The van der Waals surface area contributed by atoms with Crippen LogP contribution in [0.2, 0.25) is 0 Å². The lowest BCUT2D eigenvalue weighted by atomic mass is 10.0. The summed E-state index contributed by atoms with van der Waals surface area (Å²) < 4.78 is 5.80. The maximum Gasteiger partial charge on any atom is 0.182 e. The zero-order valence-electron chi connectivity index (χ0n) is 12.8. The Labute approximate surface area is 134 Å². The number of nitrogen functional groups attached to an aromatic ring is 1. The Kier molecular flexibility index (Phi) is 4.24. The van der Waals surface area contributed by atoms with Crippen molar-refractivity contribution in [3.05, 3.63) is 36.0 Å². The van der Waals surface area contributed by atoms with Gasteiger partial charge in [-0.2, -0.15) is 0 Å². The van der Waals surface area contributed by atoms with E-state index in [0.717, 1.165) is 46.7 Å². The van der Waals surface area contributed by atoms with Gasteiger partial charge < -0.3 is 10.5 Å². The van der Waals surface area contributed by atoms with Gasteiger partial charge in [0.25, 0.3) is 0 Å². The van der Waals surface area contributed by atoms with Crippen LogP contribution in [-0.2, 0) is 6.42 Å². The first-order valence-corrected chi connectivity index (χ1v) is 8.31. The van der Waals surface area contributed by atoms with Gasteiger partial charge in [-0.25, -0.2) is 9.97 Å². The molecule has 0 aliphatic rings. The smallest absolute Gasteiger partial charge is 0.182 e. The highest BCUT2D eigenvalue weighted by Crippen LogP contribution is 2.30. The minimum Gasteiger partial charge on any atom is -0.493 e. The van der Waals surface area contributed by atoms with Crippen LogP contribution >= 0.6 is 11.3 Å². The highest BCUT2D eigenvalue weighted by Gasteiger charge is 2.08. The van der Waals surface area contributed by atoms with Gasteiger partial charge >= 0.3 is 0 Å². The quantitative estimate of drug-likeness (QED) is 0.763. The molecule has 0 fully saturated rings. The number of aryl methyl sites for hydroxylation is 1. The summed E-state index contributed by atoms with van der Waals surface area (Å²) in [6.07, 6.45) is 3.82. The maximum atomic E-state index is 5.80. The van der Waals surface area contributed by atoms with Crippen LogP contribution in [0.4, 0.5) is 5.13 Å². The largest absolute Gasteiger partial charge is 0.493 e. The van der Waals surface area contributed by atoms with Gasteiger partial charge in [-0.1, -0.05) is 31.3 Å². The molecule has 114 valence electrons. The van der Waals surface area contributed by atoms with Crippen LogP contribution in [-0.4, -0.2) is 16.6 Å². The molecule has 3 rings (SSSR count). The third kappa shape index (κ3) is 2.90. The molecule has 0 amide bonds. The lowest BCUT2D eigenvalue weighted by molar-refractivity contribution is 0.314. The monoisotopic (exact) mass is 313 g/mol. The minimum absolute atomic E-state index is 0.553. The summed E-state index contributed by atoms with van der Waals surface area (Å²) in [5.41, 5.74) is 9.98. The van der Waals surface area contributed by atoms with E-state index in [-0.39, 0.29) is 0 Å². The third-order valence-electron chi connectivity index (χ3n) is 3.50. The van der Waals surface area contributed by atoms with Crippen LogP contribution in [0, 0.1) is 0 Å². The number of pyridine rings is 1. The highest BCUT2D eigenvalue weighted by molar-refractivity contribution is 7.21. The Balaban J connectivity index is 1.98. The Morgan fingerprint density at radius 2 is 2.05 bits per heavy atom. The number of aromatic nitrogens is 2. The molecule has 0 saturated carbocycles. The SMILES string of the molecule is CCCOc1ccc(-c2cnc3sc(N)nc3c2)cc1CC. The van der Waals surface area contributed by atoms with E-state index in [2.05, 4.69) is 35.9 Å². The average molecular weight is 313 g/mol. The molecular formula is C17H19N3OS. The molecule has 1 aromatic carbocycles. The molecule has 0 aliphatic heterocycles.